The van der Waals surface area contributed by atoms with Gasteiger partial charge in [0.15, 0.2) is 0 Å². The van der Waals surface area contributed by atoms with Gasteiger partial charge in [0.25, 0.3) is 0 Å². The summed E-state index contributed by atoms with van der Waals surface area (Å²) in [5.74, 6) is -4.64. The molecule has 0 aromatic carbocycles. The van der Waals surface area contributed by atoms with Crippen molar-refractivity contribution in [2.24, 2.45) is 0 Å². The van der Waals surface area contributed by atoms with Crippen LogP contribution >= 0.6 is 0 Å². The summed E-state index contributed by atoms with van der Waals surface area (Å²) in [7, 11) is 1.51. The molecule has 2 N–H and O–H groups in total. The quantitative estimate of drug-likeness (QED) is 0.472. The van der Waals surface area contributed by atoms with Crippen molar-refractivity contribution in [2.45, 2.75) is 18.8 Å². The second-order valence-corrected chi connectivity index (χ2v) is 3.36. The predicted octanol–water partition coefficient (Wildman–Crippen LogP) is 0.629. The van der Waals surface area contributed by atoms with Gasteiger partial charge in [-0.05, 0) is 6.42 Å². The molecular formula is C9H16F4N2O2. The SMILES string of the molecule is COCCCNC(=O)CNCC(F)(F)C(F)F. The lowest BCUT2D eigenvalue weighted by Crippen LogP contribution is -2.43. The topological polar surface area (TPSA) is 50.4 Å². The fourth-order valence-electron chi connectivity index (χ4n) is 0.927. The molecule has 0 aliphatic rings. The van der Waals surface area contributed by atoms with Crippen LogP contribution in [0.25, 0.3) is 0 Å². The minimum absolute atomic E-state index is 0.347. The van der Waals surface area contributed by atoms with Gasteiger partial charge in [0.1, 0.15) is 0 Å². The number of hydrogen-bond acceptors (Lipinski definition) is 3. The van der Waals surface area contributed by atoms with Crippen molar-refractivity contribution in [3.05, 3.63) is 0 Å². The highest BCUT2D eigenvalue weighted by Crippen LogP contribution is 2.21. The van der Waals surface area contributed by atoms with Crippen LogP contribution in [-0.4, -0.2) is 51.6 Å². The molecule has 0 spiro atoms. The highest BCUT2D eigenvalue weighted by atomic mass is 19.3. The minimum Gasteiger partial charge on any atom is -0.385 e. The molecule has 1 amide bonds. The molecule has 4 nitrogen and oxygen atoms in total. The van der Waals surface area contributed by atoms with Crippen molar-refractivity contribution in [2.75, 3.05) is 33.4 Å². The number of hydrogen-bond donors (Lipinski definition) is 2. The number of nitrogens with one attached hydrogen (secondary N) is 2. The van der Waals surface area contributed by atoms with E-state index in [1.807, 2.05) is 5.32 Å². The van der Waals surface area contributed by atoms with Gasteiger partial charge in [0.2, 0.25) is 5.91 Å². The summed E-state index contributed by atoms with van der Waals surface area (Å²) < 4.78 is 52.9. The van der Waals surface area contributed by atoms with Gasteiger partial charge in [-0.3, -0.25) is 4.79 Å². The molecule has 0 heterocycles. The van der Waals surface area contributed by atoms with Gasteiger partial charge in [0, 0.05) is 20.3 Å². The van der Waals surface area contributed by atoms with Crippen molar-refractivity contribution in [1.82, 2.24) is 10.6 Å². The van der Waals surface area contributed by atoms with Crippen LogP contribution in [0.2, 0.25) is 0 Å². The van der Waals surface area contributed by atoms with E-state index in [0.717, 1.165) is 0 Å². The van der Waals surface area contributed by atoms with E-state index in [2.05, 4.69) is 5.32 Å². The van der Waals surface area contributed by atoms with Crippen LogP contribution in [0.3, 0.4) is 0 Å². The first-order valence-electron chi connectivity index (χ1n) is 5.02. The molecule has 8 heteroatoms. The second-order valence-electron chi connectivity index (χ2n) is 3.36. The number of ether oxygens (including phenoxy) is 1. The maximum atomic E-state index is 12.4. The zero-order valence-electron chi connectivity index (χ0n) is 9.44. The van der Waals surface area contributed by atoms with Crippen LogP contribution in [0.5, 0.6) is 0 Å². The molecular weight excluding hydrogens is 244 g/mol. The van der Waals surface area contributed by atoms with Crippen molar-refractivity contribution < 1.29 is 27.1 Å². The van der Waals surface area contributed by atoms with E-state index < -0.39 is 31.3 Å². The molecule has 0 bridgehead atoms. The minimum atomic E-state index is -4.11. The molecule has 102 valence electrons. The number of halogens is 4. The summed E-state index contributed by atoms with van der Waals surface area (Å²) in [6.07, 6.45) is -3.14. The maximum Gasteiger partial charge on any atom is 0.319 e. The normalized spacial score (nSPS) is 11.9. The Balaban J connectivity index is 3.58. The summed E-state index contributed by atoms with van der Waals surface area (Å²) in [4.78, 5) is 11.0. The first kappa shape index (κ1) is 16.1. The molecule has 0 aromatic heterocycles. The summed E-state index contributed by atoms with van der Waals surface area (Å²) in [5.41, 5.74) is 0. The third-order valence-corrected chi connectivity index (χ3v) is 1.81. The Morgan fingerprint density at radius 2 is 2.06 bits per heavy atom. The van der Waals surface area contributed by atoms with E-state index in [1.54, 1.807) is 0 Å². The van der Waals surface area contributed by atoms with Gasteiger partial charge in [0.05, 0.1) is 13.1 Å². The Morgan fingerprint density at radius 1 is 1.41 bits per heavy atom. The van der Waals surface area contributed by atoms with Crippen LogP contribution in [0, 0.1) is 0 Å². The first-order chi connectivity index (χ1) is 7.90. The van der Waals surface area contributed by atoms with Crippen molar-refractivity contribution in [1.29, 1.82) is 0 Å². The molecule has 0 aromatic rings. The summed E-state index contributed by atoms with van der Waals surface area (Å²) >= 11 is 0. The molecule has 0 radical (unpaired) electrons. The van der Waals surface area contributed by atoms with Crippen LogP contribution < -0.4 is 10.6 Å². The third kappa shape index (κ3) is 7.92. The molecule has 0 atom stereocenters. The molecule has 0 aliphatic heterocycles. The fourth-order valence-corrected chi connectivity index (χ4v) is 0.927. The third-order valence-electron chi connectivity index (χ3n) is 1.81. The lowest BCUT2D eigenvalue weighted by molar-refractivity contribution is -0.128. The van der Waals surface area contributed by atoms with E-state index in [-0.39, 0.29) is 0 Å². The lowest BCUT2D eigenvalue weighted by Gasteiger charge is -2.15. The van der Waals surface area contributed by atoms with E-state index in [4.69, 9.17) is 4.74 Å². The summed E-state index contributed by atoms with van der Waals surface area (Å²) in [6.45, 7) is -0.831. The van der Waals surface area contributed by atoms with E-state index in [1.165, 1.54) is 7.11 Å². The molecule has 0 saturated carbocycles. The van der Waals surface area contributed by atoms with Crippen molar-refractivity contribution >= 4 is 5.91 Å². The largest absolute Gasteiger partial charge is 0.385 e. The fraction of sp³-hybridized carbons (Fsp3) is 0.889. The molecule has 0 saturated heterocycles. The van der Waals surface area contributed by atoms with Crippen molar-refractivity contribution in [3.8, 4) is 0 Å². The molecule has 0 aliphatic carbocycles. The highest BCUT2D eigenvalue weighted by molar-refractivity contribution is 5.77. The summed E-state index contributed by atoms with van der Waals surface area (Å²) in [5, 5.41) is 4.39. The standard InChI is InChI=1S/C9H16F4N2O2/c1-17-4-2-3-15-7(16)5-14-6-9(12,13)8(10)11/h8,14H,2-6H2,1H3,(H,15,16). The number of carbonyl (C=O) groups excluding carboxylic acids is 1. The number of rotatable bonds is 9. The Labute approximate surface area is 96.7 Å². The molecule has 0 unspecified atom stereocenters. The average molecular weight is 260 g/mol. The number of methoxy groups -OCH3 is 1. The molecule has 17 heavy (non-hydrogen) atoms. The van der Waals surface area contributed by atoms with Gasteiger partial charge in [-0.25, -0.2) is 8.78 Å². The van der Waals surface area contributed by atoms with Gasteiger partial charge in [-0.15, -0.1) is 0 Å². The Bertz CT molecular complexity index is 227. The van der Waals surface area contributed by atoms with Crippen LogP contribution in [0.15, 0.2) is 0 Å². The Hall–Kier alpha value is -0.890. The number of alkyl halides is 4. The van der Waals surface area contributed by atoms with Gasteiger partial charge < -0.3 is 15.4 Å². The lowest BCUT2D eigenvalue weighted by atomic mass is 10.3. The van der Waals surface area contributed by atoms with Crippen molar-refractivity contribution in [3.63, 3.8) is 0 Å². The smallest absolute Gasteiger partial charge is 0.319 e. The van der Waals surface area contributed by atoms with Crippen LogP contribution in [-0.2, 0) is 9.53 Å². The first-order valence-corrected chi connectivity index (χ1v) is 5.02. The molecule has 0 fully saturated rings. The Morgan fingerprint density at radius 3 is 2.59 bits per heavy atom. The number of amides is 1. The zero-order chi connectivity index (χ0) is 13.3. The predicted molar refractivity (Wildman–Crippen MR) is 53.3 cm³/mol. The van der Waals surface area contributed by atoms with E-state index in [0.29, 0.717) is 19.6 Å². The van der Waals surface area contributed by atoms with Crippen LogP contribution in [0.1, 0.15) is 6.42 Å². The monoisotopic (exact) mass is 260 g/mol. The zero-order valence-corrected chi connectivity index (χ0v) is 9.44. The average Bonchev–Trinajstić information content (AvgIpc) is 2.24. The van der Waals surface area contributed by atoms with Gasteiger partial charge in [-0.1, -0.05) is 0 Å². The van der Waals surface area contributed by atoms with E-state index in [9.17, 15) is 22.4 Å². The molecule has 0 rings (SSSR count). The van der Waals surface area contributed by atoms with Crippen LogP contribution in [0.4, 0.5) is 17.6 Å². The highest BCUT2D eigenvalue weighted by Gasteiger charge is 2.40. The van der Waals surface area contributed by atoms with Gasteiger partial charge in [-0.2, -0.15) is 8.78 Å². The van der Waals surface area contributed by atoms with Gasteiger partial charge >= 0.3 is 12.3 Å². The Kier molecular flexibility index (Phi) is 7.81. The van der Waals surface area contributed by atoms with E-state index >= 15 is 0 Å². The maximum absolute atomic E-state index is 12.4. The summed E-state index contributed by atoms with van der Waals surface area (Å²) in [6, 6.07) is 0. The number of carbonyl (C=O) groups is 1. The second kappa shape index (κ2) is 8.24.